The number of nitrogens with one attached hydrogen (secondary N) is 1. The number of hydrogen-bond donors (Lipinski definition) is 1. The van der Waals surface area contributed by atoms with Gasteiger partial charge in [-0.1, -0.05) is 41.9 Å². The molecule has 202 valence electrons. The van der Waals surface area contributed by atoms with Gasteiger partial charge in [-0.3, -0.25) is 9.10 Å². The first-order valence-corrected chi connectivity index (χ1v) is 13.7. The highest BCUT2D eigenvalue weighted by Gasteiger charge is 2.31. The highest BCUT2D eigenvalue weighted by Crippen LogP contribution is 2.34. The van der Waals surface area contributed by atoms with Gasteiger partial charge in [0.1, 0.15) is 28.7 Å². The first-order chi connectivity index (χ1) is 18.7. The van der Waals surface area contributed by atoms with Crippen LogP contribution < -0.4 is 23.8 Å². The Morgan fingerprint density at radius 3 is 2.28 bits per heavy atom. The molecule has 0 aliphatic rings. The molecular formula is C29H27ClN2O6S. The smallest absolute Gasteiger partial charge is 0.268 e. The molecule has 4 aromatic carbocycles. The Morgan fingerprint density at radius 2 is 1.56 bits per heavy atom. The van der Waals surface area contributed by atoms with E-state index in [4.69, 9.17) is 25.8 Å². The number of carbonyl (C=O) groups is 1. The van der Waals surface area contributed by atoms with E-state index in [1.54, 1.807) is 61.5 Å². The van der Waals surface area contributed by atoms with Crippen LogP contribution in [0.2, 0.25) is 5.02 Å². The monoisotopic (exact) mass is 566 g/mol. The summed E-state index contributed by atoms with van der Waals surface area (Å²) in [7, 11) is -1.40. The molecule has 0 radical (unpaired) electrons. The molecule has 0 unspecified atom stereocenters. The molecule has 0 fully saturated rings. The average molecular weight is 567 g/mol. The number of nitrogens with zero attached hydrogens (tertiary/aromatic N) is 1. The number of amides is 1. The zero-order valence-corrected chi connectivity index (χ0v) is 23.1. The molecule has 0 aliphatic carbocycles. The van der Waals surface area contributed by atoms with E-state index in [2.05, 4.69) is 5.32 Å². The van der Waals surface area contributed by atoms with Crippen molar-refractivity contribution < 1.29 is 27.4 Å². The number of anilines is 2. The molecule has 4 aromatic rings. The molecule has 0 aromatic heterocycles. The molecule has 8 nitrogen and oxygen atoms in total. The van der Waals surface area contributed by atoms with Crippen molar-refractivity contribution in [3.05, 3.63) is 102 Å². The fraction of sp³-hybridized carbons (Fsp3) is 0.138. The second-order valence-electron chi connectivity index (χ2n) is 8.47. The highest BCUT2D eigenvalue weighted by atomic mass is 35.5. The average Bonchev–Trinajstić information content (AvgIpc) is 2.93. The van der Waals surface area contributed by atoms with Gasteiger partial charge in [0.2, 0.25) is 5.91 Å². The maximum Gasteiger partial charge on any atom is 0.268 e. The van der Waals surface area contributed by atoms with E-state index >= 15 is 0 Å². The van der Waals surface area contributed by atoms with Crippen LogP contribution in [0.25, 0.3) is 0 Å². The number of para-hydroxylation sites is 1. The number of aryl methyl sites for hydroxylation is 1. The normalized spacial score (nSPS) is 11.0. The Morgan fingerprint density at radius 1 is 0.846 bits per heavy atom. The molecule has 0 saturated heterocycles. The quantitative estimate of drug-likeness (QED) is 0.242. The third kappa shape index (κ3) is 6.63. The Bertz CT molecular complexity index is 1580. The highest BCUT2D eigenvalue weighted by molar-refractivity contribution is 7.93. The van der Waals surface area contributed by atoms with Crippen molar-refractivity contribution in [2.75, 3.05) is 30.4 Å². The van der Waals surface area contributed by atoms with Gasteiger partial charge in [0.15, 0.2) is 5.75 Å². The number of halogens is 1. The summed E-state index contributed by atoms with van der Waals surface area (Å²) in [5, 5.41) is 3.12. The van der Waals surface area contributed by atoms with Crippen LogP contribution in [0.4, 0.5) is 11.4 Å². The van der Waals surface area contributed by atoms with Gasteiger partial charge in [0.25, 0.3) is 10.0 Å². The van der Waals surface area contributed by atoms with Gasteiger partial charge in [-0.05, 0) is 67.1 Å². The van der Waals surface area contributed by atoms with Crippen LogP contribution in [-0.4, -0.2) is 35.1 Å². The van der Waals surface area contributed by atoms with E-state index in [0.717, 1.165) is 4.31 Å². The van der Waals surface area contributed by atoms with E-state index in [-0.39, 0.29) is 22.0 Å². The third-order valence-electron chi connectivity index (χ3n) is 5.70. The molecule has 1 amide bonds. The summed E-state index contributed by atoms with van der Waals surface area (Å²) >= 11 is 6.20. The number of methoxy groups -OCH3 is 2. The molecule has 39 heavy (non-hydrogen) atoms. The van der Waals surface area contributed by atoms with Crippen molar-refractivity contribution in [3.8, 4) is 23.0 Å². The lowest BCUT2D eigenvalue weighted by atomic mass is 10.2. The lowest BCUT2D eigenvalue weighted by molar-refractivity contribution is -0.114. The standard InChI is InChI=1S/C29H27ClN2O6S/c1-20-12-14-27(37-3)28(16-20)39(34,35)32(22-8-7-11-24(18-22)36-2)19-29(33)31-25-17-21(30)13-15-26(25)38-23-9-5-4-6-10-23/h4-18H,19H2,1-3H3,(H,31,33). The summed E-state index contributed by atoms with van der Waals surface area (Å²) < 4.78 is 45.6. The van der Waals surface area contributed by atoms with Gasteiger partial charge in [-0.25, -0.2) is 8.42 Å². The fourth-order valence-electron chi connectivity index (χ4n) is 3.81. The number of carbonyl (C=O) groups excluding carboxylic acids is 1. The van der Waals surface area contributed by atoms with E-state index in [1.807, 2.05) is 18.2 Å². The second-order valence-corrected chi connectivity index (χ2v) is 10.7. The van der Waals surface area contributed by atoms with Gasteiger partial charge in [-0.2, -0.15) is 0 Å². The van der Waals surface area contributed by atoms with Crippen molar-refractivity contribution >= 4 is 38.9 Å². The van der Waals surface area contributed by atoms with Crippen LogP contribution in [0.15, 0.2) is 95.9 Å². The van der Waals surface area contributed by atoms with E-state index < -0.39 is 22.5 Å². The van der Waals surface area contributed by atoms with E-state index in [0.29, 0.717) is 27.8 Å². The summed E-state index contributed by atoms with van der Waals surface area (Å²) in [5.74, 6) is 0.866. The molecule has 0 atom stereocenters. The maximum absolute atomic E-state index is 14.0. The summed E-state index contributed by atoms with van der Waals surface area (Å²) in [6.07, 6.45) is 0. The van der Waals surface area contributed by atoms with Crippen molar-refractivity contribution in [2.45, 2.75) is 11.8 Å². The first-order valence-electron chi connectivity index (χ1n) is 11.8. The predicted molar refractivity (Wildman–Crippen MR) is 152 cm³/mol. The molecular weight excluding hydrogens is 540 g/mol. The number of ether oxygens (including phenoxy) is 3. The van der Waals surface area contributed by atoms with Gasteiger partial charge in [-0.15, -0.1) is 0 Å². The summed E-state index contributed by atoms with van der Waals surface area (Å²) in [4.78, 5) is 13.3. The van der Waals surface area contributed by atoms with Crippen molar-refractivity contribution in [1.82, 2.24) is 0 Å². The lowest BCUT2D eigenvalue weighted by Crippen LogP contribution is -2.38. The van der Waals surface area contributed by atoms with Crippen LogP contribution in [0.1, 0.15) is 5.56 Å². The number of hydrogen-bond acceptors (Lipinski definition) is 6. The molecule has 10 heteroatoms. The molecule has 0 bridgehead atoms. The predicted octanol–water partition coefficient (Wildman–Crippen LogP) is 6.29. The second kappa shape index (κ2) is 12.1. The Balaban J connectivity index is 1.71. The van der Waals surface area contributed by atoms with Crippen LogP contribution in [-0.2, 0) is 14.8 Å². The summed E-state index contributed by atoms with van der Waals surface area (Å²) in [6.45, 7) is 1.22. The van der Waals surface area contributed by atoms with Gasteiger partial charge in [0, 0.05) is 11.1 Å². The molecule has 0 saturated carbocycles. The van der Waals surface area contributed by atoms with Gasteiger partial charge < -0.3 is 19.5 Å². The Kier molecular flexibility index (Phi) is 8.63. The summed E-state index contributed by atoms with van der Waals surface area (Å²) in [6, 6.07) is 25.1. The summed E-state index contributed by atoms with van der Waals surface area (Å²) in [5.41, 5.74) is 1.23. The molecule has 4 rings (SSSR count). The van der Waals surface area contributed by atoms with Crippen LogP contribution in [0, 0.1) is 6.92 Å². The van der Waals surface area contributed by atoms with Crippen LogP contribution in [0.3, 0.4) is 0 Å². The molecule has 0 aliphatic heterocycles. The van der Waals surface area contributed by atoms with Gasteiger partial charge in [0.05, 0.1) is 25.6 Å². The lowest BCUT2D eigenvalue weighted by Gasteiger charge is -2.25. The third-order valence-corrected chi connectivity index (χ3v) is 7.73. The zero-order chi connectivity index (χ0) is 28.0. The first kappa shape index (κ1) is 27.8. The van der Waals surface area contributed by atoms with Crippen LogP contribution in [0.5, 0.6) is 23.0 Å². The van der Waals surface area contributed by atoms with E-state index in [1.165, 1.54) is 32.4 Å². The number of rotatable bonds is 10. The van der Waals surface area contributed by atoms with Crippen molar-refractivity contribution in [2.24, 2.45) is 0 Å². The minimum atomic E-state index is -4.26. The topological polar surface area (TPSA) is 94.2 Å². The van der Waals surface area contributed by atoms with E-state index in [9.17, 15) is 13.2 Å². The largest absolute Gasteiger partial charge is 0.497 e. The van der Waals surface area contributed by atoms with Crippen molar-refractivity contribution in [3.63, 3.8) is 0 Å². The Labute approximate surface area is 232 Å². The SMILES string of the molecule is COc1cccc(N(CC(=O)Nc2cc(Cl)ccc2Oc2ccccc2)S(=O)(=O)c2cc(C)ccc2OC)c1. The minimum Gasteiger partial charge on any atom is -0.497 e. The fourth-order valence-corrected chi connectivity index (χ4v) is 5.64. The molecule has 0 heterocycles. The number of benzene rings is 4. The number of sulfonamides is 1. The van der Waals surface area contributed by atoms with Gasteiger partial charge >= 0.3 is 0 Å². The van der Waals surface area contributed by atoms with Crippen molar-refractivity contribution in [1.29, 1.82) is 0 Å². The maximum atomic E-state index is 14.0. The zero-order valence-electron chi connectivity index (χ0n) is 21.6. The molecule has 0 spiro atoms. The Hall–Kier alpha value is -4.21. The minimum absolute atomic E-state index is 0.0727. The van der Waals surface area contributed by atoms with Crippen LogP contribution >= 0.6 is 11.6 Å². The molecule has 1 N–H and O–H groups in total.